The number of aryl methyl sites for hydroxylation is 1. The van der Waals surface area contributed by atoms with Crippen molar-refractivity contribution < 1.29 is 18.8 Å². The first kappa shape index (κ1) is 20.9. The molecule has 1 aromatic heterocycles. The summed E-state index contributed by atoms with van der Waals surface area (Å²) < 4.78 is 18.0. The van der Waals surface area contributed by atoms with E-state index in [1.54, 1.807) is 11.1 Å². The number of hydrogen-bond donors (Lipinski definition) is 1. The largest absolute Gasteiger partial charge is 0.490 e. The van der Waals surface area contributed by atoms with Crippen LogP contribution in [0.4, 0.5) is 4.79 Å². The van der Waals surface area contributed by atoms with Gasteiger partial charge < -0.3 is 18.9 Å². The summed E-state index contributed by atoms with van der Waals surface area (Å²) in [6, 6.07) is 1.94. The second kappa shape index (κ2) is 7.56. The first-order valence-electron chi connectivity index (χ1n) is 10.00. The minimum atomic E-state index is -0.544. The van der Waals surface area contributed by atoms with Gasteiger partial charge in [0, 0.05) is 25.0 Å². The normalized spacial score (nSPS) is 21.6. The molecule has 0 atom stereocenters. The first-order valence-corrected chi connectivity index (χ1v) is 10.00. The van der Waals surface area contributed by atoms with E-state index in [-0.39, 0.29) is 24.4 Å². The Morgan fingerprint density at radius 3 is 2.54 bits per heavy atom. The fourth-order valence-electron chi connectivity index (χ4n) is 3.27. The lowest BCUT2D eigenvalue weighted by atomic mass is 9.75. The zero-order valence-electron chi connectivity index (χ0n) is 17.9. The number of nitrogens with zero attached hydrogens (tertiary/aromatic N) is 2. The van der Waals surface area contributed by atoms with E-state index < -0.39 is 5.60 Å². The average molecular weight is 389 g/mol. The van der Waals surface area contributed by atoms with Gasteiger partial charge in [0.05, 0.1) is 11.2 Å². The molecule has 0 spiro atoms. The molecule has 1 saturated heterocycles. The Kier molecular flexibility index (Phi) is 5.65. The van der Waals surface area contributed by atoms with Crippen molar-refractivity contribution in [3.63, 3.8) is 0 Å². The SMILES string of the molecule is CC(C)(CCc1ccn[nH]1)OC(=O)N1CC=C(B2OC(C)(C)C(C)(C)O2)CC1. The fourth-order valence-corrected chi connectivity index (χ4v) is 3.27. The van der Waals surface area contributed by atoms with Gasteiger partial charge in [0.15, 0.2) is 0 Å². The molecular weight excluding hydrogens is 357 g/mol. The van der Waals surface area contributed by atoms with Crippen LogP contribution in [-0.2, 0) is 20.5 Å². The lowest BCUT2D eigenvalue weighted by Crippen LogP contribution is -2.41. The van der Waals surface area contributed by atoms with Crippen molar-refractivity contribution in [3.05, 3.63) is 29.5 Å². The van der Waals surface area contributed by atoms with E-state index in [1.165, 1.54) is 0 Å². The third-order valence-corrected chi connectivity index (χ3v) is 5.98. The molecule has 2 aliphatic heterocycles. The molecule has 0 saturated carbocycles. The molecule has 0 aromatic carbocycles. The number of carbonyl (C=O) groups excluding carboxylic acids is 1. The Morgan fingerprint density at radius 2 is 2.00 bits per heavy atom. The van der Waals surface area contributed by atoms with Crippen LogP contribution in [0, 0.1) is 0 Å². The van der Waals surface area contributed by atoms with Crippen molar-refractivity contribution in [1.29, 1.82) is 0 Å². The minimum absolute atomic E-state index is 0.279. The molecule has 7 nitrogen and oxygen atoms in total. The van der Waals surface area contributed by atoms with E-state index in [0.717, 1.165) is 30.4 Å². The predicted molar refractivity (Wildman–Crippen MR) is 108 cm³/mol. The van der Waals surface area contributed by atoms with Crippen LogP contribution in [0.25, 0.3) is 0 Å². The molecule has 8 heteroatoms. The van der Waals surface area contributed by atoms with Crippen molar-refractivity contribution in [3.8, 4) is 0 Å². The summed E-state index contributed by atoms with van der Waals surface area (Å²) in [6.07, 6.45) is 5.71. The number of H-pyrrole nitrogens is 1. The number of hydrogen-bond acceptors (Lipinski definition) is 5. The van der Waals surface area contributed by atoms with Gasteiger partial charge in [-0.05, 0) is 72.3 Å². The lowest BCUT2D eigenvalue weighted by Gasteiger charge is -2.32. The Labute approximate surface area is 167 Å². The van der Waals surface area contributed by atoms with Crippen LogP contribution in [-0.4, -0.2) is 58.2 Å². The summed E-state index contributed by atoms with van der Waals surface area (Å²) in [6.45, 7) is 13.2. The smallest absolute Gasteiger partial charge is 0.443 e. The van der Waals surface area contributed by atoms with Gasteiger partial charge in [-0.2, -0.15) is 5.10 Å². The molecule has 154 valence electrons. The van der Waals surface area contributed by atoms with Gasteiger partial charge in [-0.25, -0.2) is 4.79 Å². The zero-order chi connectivity index (χ0) is 20.6. The molecule has 3 heterocycles. The molecule has 28 heavy (non-hydrogen) atoms. The van der Waals surface area contributed by atoms with Gasteiger partial charge in [-0.3, -0.25) is 5.10 Å². The van der Waals surface area contributed by atoms with Crippen LogP contribution in [0.5, 0.6) is 0 Å². The van der Waals surface area contributed by atoms with Crippen molar-refractivity contribution in [2.45, 2.75) is 77.6 Å². The average Bonchev–Trinajstić information content (AvgIpc) is 3.19. The molecule has 0 bridgehead atoms. The van der Waals surface area contributed by atoms with Crippen LogP contribution in [0.15, 0.2) is 23.8 Å². The molecule has 3 rings (SSSR count). The predicted octanol–water partition coefficient (Wildman–Crippen LogP) is 3.52. The molecule has 0 radical (unpaired) electrons. The Bertz CT molecular complexity index is 712. The van der Waals surface area contributed by atoms with Crippen LogP contribution in [0.1, 0.15) is 60.1 Å². The summed E-state index contributed by atoms with van der Waals surface area (Å²) in [5.74, 6) is 0. The maximum absolute atomic E-state index is 12.6. The molecule has 0 aliphatic carbocycles. The van der Waals surface area contributed by atoms with Gasteiger partial charge in [0.25, 0.3) is 0 Å². The quantitative estimate of drug-likeness (QED) is 0.780. The third-order valence-electron chi connectivity index (χ3n) is 5.98. The number of rotatable bonds is 5. The topological polar surface area (TPSA) is 76.7 Å². The molecule has 1 N–H and O–H groups in total. The highest BCUT2D eigenvalue weighted by molar-refractivity contribution is 6.54. The highest BCUT2D eigenvalue weighted by atomic mass is 16.7. The molecule has 1 fully saturated rings. The van der Waals surface area contributed by atoms with Gasteiger partial charge >= 0.3 is 13.2 Å². The van der Waals surface area contributed by atoms with Crippen LogP contribution < -0.4 is 0 Å². The highest BCUT2D eigenvalue weighted by Crippen LogP contribution is 2.39. The van der Waals surface area contributed by atoms with E-state index in [9.17, 15) is 4.79 Å². The number of ether oxygens (including phenoxy) is 1. The Balaban J connectivity index is 1.52. The highest BCUT2D eigenvalue weighted by Gasteiger charge is 2.52. The molecule has 0 unspecified atom stereocenters. The number of nitrogens with one attached hydrogen (secondary N) is 1. The second-order valence-electron chi connectivity index (χ2n) is 9.27. The molecule has 2 aliphatic rings. The number of aromatic amines is 1. The summed E-state index contributed by atoms with van der Waals surface area (Å²) in [5.41, 5.74) is 0.886. The van der Waals surface area contributed by atoms with E-state index in [2.05, 4.69) is 10.2 Å². The Hall–Kier alpha value is -1.80. The van der Waals surface area contributed by atoms with Crippen molar-refractivity contribution in [2.24, 2.45) is 0 Å². The summed E-state index contributed by atoms with van der Waals surface area (Å²) in [5, 5.41) is 6.88. The standard InChI is InChI=1S/C20H32BN3O4/c1-18(2,11-7-16-8-12-22-23-16)26-17(25)24-13-9-15(10-14-24)21-27-19(3,4)20(5,6)28-21/h8-9,12H,7,10-11,13-14H2,1-6H3,(H,22,23). The van der Waals surface area contributed by atoms with Crippen molar-refractivity contribution in [1.82, 2.24) is 15.1 Å². The van der Waals surface area contributed by atoms with Crippen molar-refractivity contribution in [2.75, 3.05) is 13.1 Å². The maximum Gasteiger partial charge on any atom is 0.490 e. The van der Waals surface area contributed by atoms with Gasteiger partial charge in [0.1, 0.15) is 5.60 Å². The van der Waals surface area contributed by atoms with E-state index in [4.69, 9.17) is 14.0 Å². The number of carbonyl (C=O) groups is 1. The van der Waals surface area contributed by atoms with Gasteiger partial charge in [0.2, 0.25) is 0 Å². The fraction of sp³-hybridized carbons (Fsp3) is 0.700. The van der Waals surface area contributed by atoms with Gasteiger partial charge in [-0.1, -0.05) is 6.08 Å². The van der Waals surface area contributed by atoms with Crippen LogP contribution in [0.3, 0.4) is 0 Å². The van der Waals surface area contributed by atoms with Crippen LogP contribution in [0.2, 0.25) is 0 Å². The van der Waals surface area contributed by atoms with E-state index >= 15 is 0 Å². The number of amides is 1. The van der Waals surface area contributed by atoms with E-state index in [1.807, 2.05) is 53.7 Å². The summed E-state index contributed by atoms with van der Waals surface area (Å²) >= 11 is 0. The zero-order valence-corrected chi connectivity index (χ0v) is 17.9. The van der Waals surface area contributed by atoms with Crippen LogP contribution >= 0.6 is 0 Å². The van der Waals surface area contributed by atoms with E-state index in [0.29, 0.717) is 13.1 Å². The lowest BCUT2D eigenvalue weighted by molar-refractivity contribution is 0.00578. The Morgan fingerprint density at radius 1 is 1.32 bits per heavy atom. The van der Waals surface area contributed by atoms with Gasteiger partial charge in [-0.15, -0.1) is 0 Å². The summed E-state index contributed by atoms with van der Waals surface area (Å²) in [4.78, 5) is 14.3. The maximum atomic E-state index is 12.6. The number of aromatic nitrogens is 2. The van der Waals surface area contributed by atoms with Crippen molar-refractivity contribution >= 4 is 13.2 Å². The molecular formula is C20H32BN3O4. The second-order valence-corrected chi connectivity index (χ2v) is 9.27. The first-order chi connectivity index (χ1) is 13.0. The minimum Gasteiger partial charge on any atom is -0.443 e. The monoisotopic (exact) mass is 389 g/mol. The molecule has 1 aromatic rings. The third kappa shape index (κ3) is 4.60. The summed E-state index contributed by atoms with van der Waals surface area (Å²) in [7, 11) is -0.339. The molecule has 1 amide bonds.